The van der Waals surface area contributed by atoms with Crippen LogP contribution in [0.15, 0.2) is 0 Å². The van der Waals surface area contributed by atoms with Crippen LogP contribution in [0.4, 0.5) is 0 Å². The van der Waals surface area contributed by atoms with Gasteiger partial charge in [0.25, 0.3) is 0 Å². The van der Waals surface area contributed by atoms with Gasteiger partial charge < -0.3 is 11.1 Å². The Kier molecular flexibility index (Phi) is 2.65. The summed E-state index contributed by atoms with van der Waals surface area (Å²) < 4.78 is 0. The number of nitrogens with one attached hydrogen (secondary N) is 1. The molecule has 0 heterocycles. The van der Waals surface area contributed by atoms with Crippen LogP contribution in [0.3, 0.4) is 0 Å². The smallest absolute Gasteiger partial charge is 0.237 e. The van der Waals surface area contributed by atoms with Gasteiger partial charge in [0.05, 0.1) is 6.04 Å². The van der Waals surface area contributed by atoms with Gasteiger partial charge in [-0.15, -0.1) is 0 Å². The zero-order valence-corrected chi connectivity index (χ0v) is 9.85. The van der Waals surface area contributed by atoms with Gasteiger partial charge in [-0.25, -0.2) is 0 Å². The van der Waals surface area contributed by atoms with E-state index in [0.717, 1.165) is 6.42 Å². The van der Waals surface area contributed by atoms with Crippen molar-refractivity contribution in [1.82, 2.24) is 5.32 Å². The predicted molar refractivity (Wildman–Crippen MR) is 57.8 cm³/mol. The molecular weight excluding hydrogens is 176 g/mol. The molecule has 1 amide bonds. The highest BCUT2D eigenvalue weighted by molar-refractivity contribution is 5.83. The van der Waals surface area contributed by atoms with Crippen molar-refractivity contribution in [2.24, 2.45) is 16.6 Å². The van der Waals surface area contributed by atoms with Crippen LogP contribution < -0.4 is 11.1 Å². The number of hydrogen-bond acceptors (Lipinski definition) is 2. The second kappa shape index (κ2) is 3.23. The zero-order valence-electron chi connectivity index (χ0n) is 9.85. The Balaban J connectivity index is 2.44. The van der Waals surface area contributed by atoms with E-state index in [1.165, 1.54) is 0 Å². The molecular formula is C11H22N2O. The first-order chi connectivity index (χ1) is 6.14. The third-order valence-electron chi connectivity index (χ3n) is 3.05. The van der Waals surface area contributed by atoms with Crippen molar-refractivity contribution < 1.29 is 4.79 Å². The lowest BCUT2D eigenvalue weighted by atomic mass is 9.87. The normalized spacial score (nSPS) is 26.9. The number of hydrogen-bond donors (Lipinski definition) is 2. The molecule has 3 heteroatoms. The molecule has 82 valence electrons. The molecule has 0 spiro atoms. The lowest BCUT2D eigenvalue weighted by molar-refractivity contribution is -0.124. The highest BCUT2D eigenvalue weighted by Crippen LogP contribution is 2.44. The standard InChI is InChI=1S/C11H22N2O/c1-10(2,3)8(12)9(14)13-7-6-11(7,4)5/h7-8H,6,12H2,1-5H3,(H,13,14)/t7?,8-/m1/s1. The van der Waals surface area contributed by atoms with E-state index in [0.29, 0.717) is 6.04 Å². The minimum absolute atomic E-state index is 0.0203. The van der Waals surface area contributed by atoms with Crippen molar-refractivity contribution in [2.45, 2.75) is 53.1 Å². The van der Waals surface area contributed by atoms with Crippen LogP contribution in [0.5, 0.6) is 0 Å². The molecule has 14 heavy (non-hydrogen) atoms. The molecule has 0 saturated heterocycles. The summed E-state index contributed by atoms with van der Waals surface area (Å²) in [4.78, 5) is 11.7. The molecule has 3 nitrogen and oxygen atoms in total. The highest BCUT2D eigenvalue weighted by Gasteiger charge is 2.47. The molecule has 0 bridgehead atoms. The number of carbonyl (C=O) groups excluding carboxylic acids is 1. The van der Waals surface area contributed by atoms with E-state index in [9.17, 15) is 4.79 Å². The Bertz CT molecular complexity index is 240. The predicted octanol–water partition coefficient (Wildman–Crippen LogP) is 1.27. The van der Waals surface area contributed by atoms with Crippen LogP contribution in [0.25, 0.3) is 0 Å². The van der Waals surface area contributed by atoms with E-state index in [-0.39, 0.29) is 16.7 Å². The molecule has 2 atom stereocenters. The second-order valence-electron chi connectivity index (χ2n) is 6.10. The molecule has 1 saturated carbocycles. The fourth-order valence-corrected chi connectivity index (χ4v) is 1.37. The van der Waals surface area contributed by atoms with Crippen molar-refractivity contribution in [3.05, 3.63) is 0 Å². The minimum Gasteiger partial charge on any atom is -0.351 e. The topological polar surface area (TPSA) is 55.1 Å². The number of rotatable bonds is 2. The summed E-state index contributed by atoms with van der Waals surface area (Å²) >= 11 is 0. The Morgan fingerprint density at radius 3 is 2.21 bits per heavy atom. The van der Waals surface area contributed by atoms with E-state index < -0.39 is 6.04 Å². The maximum Gasteiger partial charge on any atom is 0.237 e. The SMILES string of the molecule is CC1(C)CC1NC(=O)[C@@H](N)C(C)(C)C. The fraction of sp³-hybridized carbons (Fsp3) is 0.909. The number of nitrogens with two attached hydrogens (primary N) is 1. The summed E-state index contributed by atoms with van der Waals surface area (Å²) in [6.07, 6.45) is 1.07. The molecule has 1 rings (SSSR count). The second-order valence-corrected chi connectivity index (χ2v) is 6.10. The summed E-state index contributed by atoms with van der Waals surface area (Å²) in [6, 6.07) is -0.0951. The highest BCUT2D eigenvalue weighted by atomic mass is 16.2. The van der Waals surface area contributed by atoms with Gasteiger partial charge in [-0.3, -0.25) is 4.79 Å². The van der Waals surface area contributed by atoms with Crippen LogP contribution in [0, 0.1) is 10.8 Å². The van der Waals surface area contributed by atoms with E-state index in [1.54, 1.807) is 0 Å². The molecule has 1 aliphatic rings. The van der Waals surface area contributed by atoms with Crippen LogP contribution >= 0.6 is 0 Å². The average Bonchev–Trinajstić information content (AvgIpc) is 2.55. The molecule has 3 N–H and O–H groups in total. The molecule has 1 fully saturated rings. The molecule has 1 aliphatic carbocycles. The first-order valence-electron chi connectivity index (χ1n) is 5.20. The van der Waals surface area contributed by atoms with Crippen molar-refractivity contribution in [3.63, 3.8) is 0 Å². The van der Waals surface area contributed by atoms with Crippen molar-refractivity contribution in [1.29, 1.82) is 0 Å². The molecule has 0 aromatic heterocycles. The first kappa shape index (κ1) is 11.5. The fourth-order valence-electron chi connectivity index (χ4n) is 1.37. The minimum atomic E-state index is -0.418. The van der Waals surface area contributed by atoms with Gasteiger partial charge in [0.2, 0.25) is 5.91 Å². The largest absolute Gasteiger partial charge is 0.351 e. The van der Waals surface area contributed by atoms with Gasteiger partial charge in [-0.05, 0) is 17.3 Å². The van der Waals surface area contributed by atoms with Crippen LogP contribution in [0.2, 0.25) is 0 Å². The Hall–Kier alpha value is -0.570. The van der Waals surface area contributed by atoms with Gasteiger partial charge >= 0.3 is 0 Å². The molecule has 0 aromatic carbocycles. The van der Waals surface area contributed by atoms with Crippen molar-refractivity contribution in [2.75, 3.05) is 0 Å². The summed E-state index contributed by atoms with van der Waals surface area (Å²) in [5.74, 6) is -0.0203. The third-order valence-corrected chi connectivity index (χ3v) is 3.05. The lowest BCUT2D eigenvalue weighted by Crippen LogP contribution is -2.49. The monoisotopic (exact) mass is 198 g/mol. The lowest BCUT2D eigenvalue weighted by Gasteiger charge is -2.26. The van der Waals surface area contributed by atoms with Crippen LogP contribution in [-0.4, -0.2) is 18.0 Å². The Labute approximate surface area is 86.4 Å². The van der Waals surface area contributed by atoms with E-state index >= 15 is 0 Å². The van der Waals surface area contributed by atoms with Crippen molar-refractivity contribution >= 4 is 5.91 Å². The Morgan fingerprint density at radius 2 is 1.93 bits per heavy atom. The van der Waals surface area contributed by atoms with Crippen LogP contribution in [0.1, 0.15) is 41.0 Å². The van der Waals surface area contributed by atoms with Crippen molar-refractivity contribution in [3.8, 4) is 0 Å². The van der Waals surface area contributed by atoms with E-state index in [4.69, 9.17) is 5.73 Å². The summed E-state index contributed by atoms with van der Waals surface area (Å²) in [6.45, 7) is 10.3. The number of carbonyl (C=O) groups is 1. The van der Waals surface area contributed by atoms with E-state index in [1.807, 2.05) is 20.8 Å². The maximum atomic E-state index is 11.7. The summed E-state index contributed by atoms with van der Waals surface area (Å²) in [5.41, 5.74) is 5.95. The zero-order chi connectivity index (χ0) is 11.1. The molecule has 1 unspecified atom stereocenters. The average molecular weight is 198 g/mol. The molecule has 0 aromatic rings. The van der Waals surface area contributed by atoms with Crippen LogP contribution in [-0.2, 0) is 4.79 Å². The van der Waals surface area contributed by atoms with Gasteiger partial charge in [0.1, 0.15) is 0 Å². The summed E-state index contributed by atoms with van der Waals surface area (Å²) in [5, 5.41) is 2.99. The van der Waals surface area contributed by atoms with Gasteiger partial charge in [-0.2, -0.15) is 0 Å². The number of amides is 1. The van der Waals surface area contributed by atoms with Gasteiger partial charge in [0.15, 0.2) is 0 Å². The quantitative estimate of drug-likeness (QED) is 0.702. The molecule has 0 radical (unpaired) electrons. The van der Waals surface area contributed by atoms with E-state index in [2.05, 4.69) is 19.2 Å². The van der Waals surface area contributed by atoms with Gasteiger partial charge in [0, 0.05) is 6.04 Å². The maximum absolute atomic E-state index is 11.7. The third kappa shape index (κ3) is 2.47. The molecule has 0 aliphatic heterocycles. The Morgan fingerprint density at radius 1 is 1.50 bits per heavy atom. The first-order valence-corrected chi connectivity index (χ1v) is 5.20. The summed E-state index contributed by atoms with van der Waals surface area (Å²) in [7, 11) is 0. The van der Waals surface area contributed by atoms with Gasteiger partial charge in [-0.1, -0.05) is 34.6 Å².